The van der Waals surface area contributed by atoms with Crippen LogP contribution in [0.2, 0.25) is 0 Å². The molecule has 0 aliphatic carbocycles. The van der Waals surface area contributed by atoms with E-state index in [2.05, 4.69) is 16.8 Å². The van der Waals surface area contributed by atoms with Crippen LogP contribution >= 0.6 is 0 Å². The molecule has 0 saturated carbocycles. The van der Waals surface area contributed by atoms with E-state index in [1.807, 2.05) is 6.07 Å². The van der Waals surface area contributed by atoms with E-state index in [4.69, 9.17) is 9.47 Å². The first-order valence-corrected chi connectivity index (χ1v) is 9.54. The number of benzene rings is 1. The molecular formula is C21H23FN2O3. The highest BCUT2D eigenvalue weighted by atomic mass is 19.1. The van der Waals surface area contributed by atoms with Crippen LogP contribution in [-0.4, -0.2) is 42.2 Å². The molecule has 2 aromatic rings. The zero-order chi connectivity index (χ0) is 18.7. The Labute approximate surface area is 157 Å². The molecule has 5 nitrogen and oxygen atoms in total. The number of nitrogens with zero attached hydrogens (tertiary/aromatic N) is 1. The van der Waals surface area contributed by atoms with Gasteiger partial charge in [-0.2, -0.15) is 0 Å². The molecule has 6 heteroatoms. The van der Waals surface area contributed by atoms with Gasteiger partial charge < -0.3 is 14.5 Å². The van der Waals surface area contributed by atoms with Crippen molar-refractivity contribution in [3.8, 4) is 0 Å². The van der Waals surface area contributed by atoms with Gasteiger partial charge in [0.05, 0.1) is 31.1 Å². The van der Waals surface area contributed by atoms with E-state index in [-0.39, 0.29) is 35.8 Å². The van der Waals surface area contributed by atoms with Crippen LogP contribution in [0.4, 0.5) is 4.39 Å². The van der Waals surface area contributed by atoms with E-state index in [0.717, 1.165) is 36.8 Å². The summed E-state index contributed by atoms with van der Waals surface area (Å²) in [5.74, 6) is -0.134. The van der Waals surface area contributed by atoms with Crippen molar-refractivity contribution < 1.29 is 18.7 Å². The van der Waals surface area contributed by atoms with Crippen LogP contribution in [0.25, 0.3) is 10.9 Å². The summed E-state index contributed by atoms with van der Waals surface area (Å²) in [5, 5.41) is 0.982. The molecule has 1 fully saturated rings. The number of ether oxygens (including phenoxy) is 2. The van der Waals surface area contributed by atoms with Crippen LogP contribution in [0.3, 0.4) is 0 Å². The van der Waals surface area contributed by atoms with Crippen molar-refractivity contribution in [3.63, 3.8) is 0 Å². The van der Waals surface area contributed by atoms with E-state index >= 15 is 0 Å². The van der Waals surface area contributed by atoms with Crippen LogP contribution in [0, 0.1) is 17.7 Å². The molecule has 0 spiro atoms. The Hall–Kier alpha value is -2.34. The van der Waals surface area contributed by atoms with Gasteiger partial charge in [-0.1, -0.05) is 0 Å². The van der Waals surface area contributed by atoms with Crippen molar-refractivity contribution in [2.75, 3.05) is 20.2 Å². The smallest absolute Gasteiger partial charge is 0.337 e. The molecule has 0 radical (unpaired) electrons. The van der Waals surface area contributed by atoms with Gasteiger partial charge >= 0.3 is 5.97 Å². The summed E-state index contributed by atoms with van der Waals surface area (Å²) in [4.78, 5) is 18.3. The fraction of sp³-hybridized carbons (Fsp3) is 0.476. The first kappa shape index (κ1) is 16.8. The summed E-state index contributed by atoms with van der Waals surface area (Å²) in [6.07, 6.45) is 3.41. The first-order valence-electron chi connectivity index (χ1n) is 9.54. The lowest BCUT2D eigenvalue weighted by atomic mass is 9.72. The van der Waals surface area contributed by atoms with Crippen LogP contribution in [0.5, 0.6) is 0 Å². The van der Waals surface area contributed by atoms with Crippen molar-refractivity contribution in [3.05, 3.63) is 47.1 Å². The third-order valence-electron chi connectivity index (χ3n) is 6.60. The molecule has 4 atom stereocenters. The minimum Gasteiger partial charge on any atom is -0.497 e. The largest absolute Gasteiger partial charge is 0.497 e. The molecule has 142 valence electrons. The molecule has 4 heterocycles. The van der Waals surface area contributed by atoms with Crippen molar-refractivity contribution in [1.29, 1.82) is 0 Å². The monoisotopic (exact) mass is 370 g/mol. The number of methoxy groups -OCH3 is 1. The summed E-state index contributed by atoms with van der Waals surface area (Å²) in [6, 6.07) is 5.14. The third kappa shape index (κ3) is 2.50. The van der Waals surface area contributed by atoms with Crippen molar-refractivity contribution in [2.45, 2.75) is 31.9 Å². The number of aromatic amines is 1. The number of carbonyl (C=O) groups is 1. The number of nitrogens with one attached hydrogen (secondary N) is 1. The number of H-pyrrole nitrogens is 1. The number of hydrogen-bond acceptors (Lipinski definition) is 4. The third-order valence-corrected chi connectivity index (χ3v) is 6.60. The quantitative estimate of drug-likeness (QED) is 0.783. The molecule has 0 bridgehead atoms. The molecular weight excluding hydrogens is 347 g/mol. The average molecular weight is 370 g/mol. The van der Waals surface area contributed by atoms with E-state index in [1.54, 1.807) is 12.3 Å². The summed E-state index contributed by atoms with van der Waals surface area (Å²) in [6.45, 7) is 3.89. The van der Waals surface area contributed by atoms with Crippen LogP contribution in [0.15, 0.2) is 30.0 Å². The minimum absolute atomic E-state index is 0.0718. The highest BCUT2D eigenvalue weighted by Crippen LogP contribution is 2.47. The second kappa shape index (κ2) is 6.09. The van der Waals surface area contributed by atoms with Gasteiger partial charge in [0.15, 0.2) is 0 Å². The molecule has 0 amide bonds. The molecule has 3 unspecified atom stereocenters. The molecule has 1 aromatic carbocycles. The Morgan fingerprint density at radius 2 is 2.26 bits per heavy atom. The van der Waals surface area contributed by atoms with Gasteiger partial charge in [0.25, 0.3) is 0 Å². The Balaban J connectivity index is 1.55. The fourth-order valence-electron chi connectivity index (χ4n) is 5.21. The zero-order valence-electron chi connectivity index (χ0n) is 15.5. The molecule has 1 saturated heterocycles. The normalized spacial score (nSPS) is 30.0. The van der Waals surface area contributed by atoms with Gasteiger partial charge in [0.2, 0.25) is 0 Å². The summed E-state index contributed by atoms with van der Waals surface area (Å²) in [7, 11) is 1.41. The maximum absolute atomic E-state index is 13.8. The summed E-state index contributed by atoms with van der Waals surface area (Å²) in [5.41, 5.74) is 4.00. The van der Waals surface area contributed by atoms with Crippen molar-refractivity contribution in [1.82, 2.24) is 9.88 Å². The molecule has 27 heavy (non-hydrogen) atoms. The maximum Gasteiger partial charge on any atom is 0.337 e. The van der Waals surface area contributed by atoms with Gasteiger partial charge in [-0.3, -0.25) is 4.90 Å². The molecule has 3 aliphatic rings. The predicted octanol–water partition coefficient (Wildman–Crippen LogP) is 3.32. The van der Waals surface area contributed by atoms with Crippen LogP contribution in [-0.2, 0) is 20.7 Å². The maximum atomic E-state index is 13.8. The number of carbonyl (C=O) groups excluding carboxylic acids is 1. The molecule has 5 rings (SSSR count). The lowest BCUT2D eigenvalue weighted by Crippen LogP contribution is -2.51. The standard InChI is InChI=1S/C21H23FN2O3/c1-11-16-9-24-6-5-13-15-7-12(22)3-4-18(15)23-20(13)19(24)8-14(16)17(10-27-11)21(25)26-2/h3-4,7,10-11,14,16,19,23H,5-6,8-9H2,1-2H3/t11-,14?,16?,19?/m0/s1. The zero-order valence-corrected chi connectivity index (χ0v) is 15.5. The Morgan fingerprint density at radius 1 is 1.41 bits per heavy atom. The fourth-order valence-corrected chi connectivity index (χ4v) is 5.21. The SMILES string of the molecule is COC(=O)C1=CO[C@@H](C)C2CN3CCc4c([nH]c5ccc(F)cc45)C3CC12. The number of esters is 1. The lowest BCUT2D eigenvalue weighted by Gasteiger charge is -2.49. The van der Waals surface area contributed by atoms with Crippen molar-refractivity contribution in [2.24, 2.45) is 11.8 Å². The van der Waals surface area contributed by atoms with Crippen LogP contribution < -0.4 is 0 Å². The minimum atomic E-state index is -0.305. The summed E-state index contributed by atoms with van der Waals surface area (Å²) >= 11 is 0. The summed E-state index contributed by atoms with van der Waals surface area (Å²) < 4.78 is 24.5. The Kier molecular flexibility index (Phi) is 3.79. The number of aromatic nitrogens is 1. The van der Waals surface area contributed by atoms with E-state index in [1.165, 1.54) is 24.4 Å². The number of hydrogen-bond donors (Lipinski definition) is 1. The first-order chi connectivity index (χ1) is 13.1. The number of halogens is 1. The highest BCUT2D eigenvalue weighted by Gasteiger charge is 2.46. The van der Waals surface area contributed by atoms with E-state index in [0.29, 0.717) is 5.57 Å². The molecule has 1 aromatic heterocycles. The number of fused-ring (bicyclic) bond motifs is 6. The Morgan fingerprint density at radius 3 is 3.07 bits per heavy atom. The predicted molar refractivity (Wildman–Crippen MR) is 98.5 cm³/mol. The average Bonchev–Trinajstić information content (AvgIpc) is 3.05. The molecule has 1 N–H and O–H groups in total. The van der Waals surface area contributed by atoms with Gasteiger partial charge in [0, 0.05) is 41.5 Å². The highest BCUT2D eigenvalue weighted by molar-refractivity contribution is 5.89. The van der Waals surface area contributed by atoms with E-state index in [9.17, 15) is 9.18 Å². The number of rotatable bonds is 1. The lowest BCUT2D eigenvalue weighted by molar-refractivity contribution is -0.139. The Bertz CT molecular complexity index is 950. The van der Waals surface area contributed by atoms with Gasteiger partial charge in [-0.25, -0.2) is 9.18 Å². The van der Waals surface area contributed by atoms with Gasteiger partial charge in [0.1, 0.15) is 5.82 Å². The second-order valence-corrected chi connectivity index (χ2v) is 7.88. The topological polar surface area (TPSA) is 54.6 Å². The van der Waals surface area contributed by atoms with Gasteiger partial charge in [-0.05, 0) is 43.5 Å². The van der Waals surface area contributed by atoms with E-state index < -0.39 is 0 Å². The van der Waals surface area contributed by atoms with Crippen molar-refractivity contribution >= 4 is 16.9 Å². The molecule has 3 aliphatic heterocycles. The second-order valence-electron chi connectivity index (χ2n) is 7.88. The van der Waals surface area contributed by atoms with Crippen LogP contribution in [0.1, 0.15) is 30.6 Å². The number of piperidine rings is 1. The van der Waals surface area contributed by atoms with Gasteiger partial charge in [-0.15, -0.1) is 0 Å².